The van der Waals surface area contributed by atoms with Crippen LogP contribution in [-0.2, 0) is 6.54 Å². The minimum absolute atomic E-state index is 0.0565. The predicted octanol–water partition coefficient (Wildman–Crippen LogP) is 5.85. The number of thiazole rings is 1. The van der Waals surface area contributed by atoms with Crippen LogP contribution in [0.2, 0.25) is 5.02 Å². The Morgan fingerprint density at radius 3 is 2.58 bits per heavy atom. The summed E-state index contributed by atoms with van der Waals surface area (Å²) in [5.74, 6) is -0.289. The van der Waals surface area contributed by atoms with Crippen LogP contribution in [0.25, 0.3) is 11.1 Å². The highest BCUT2D eigenvalue weighted by atomic mass is 35.5. The lowest BCUT2D eigenvalue weighted by atomic mass is 10.0. The number of benzene rings is 1. The third-order valence-corrected chi connectivity index (χ3v) is 5.57. The van der Waals surface area contributed by atoms with E-state index < -0.39 is 18.7 Å². The number of pyridine rings is 1. The van der Waals surface area contributed by atoms with Crippen LogP contribution in [0.15, 0.2) is 41.9 Å². The first-order chi connectivity index (χ1) is 14.6. The Morgan fingerprint density at radius 2 is 1.97 bits per heavy atom. The summed E-state index contributed by atoms with van der Waals surface area (Å²) in [6.07, 6.45) is -3.39. The number of hydrogen-bond donors (Lipinski definition) is 1. The molecular formula is C21H19ClF3N3O2S. The van der Waals surface area contributed by atoms with Gasteiger partial charge in [0.05, 0.1) is 23.4 Å². The molecule has 31 heavy (non-hydrogen) atoms. The summed E-state index contributed by atoms with van der Waals surface area (Å²) in [4.78, 5) is 21.3. The number of amides is 1. The third-order valence-electron chi connectivity index (χ3n) is 4.13. The first-order valence-corrected chi connectivity index (χ1v) is 10.6. The molecule has 0 aliphatic heterocycles. The fraction of sp³-hybridized carbons (Fsp3) is 0.286. The zero-order valence-corrected chi connectivity index (χ0v) is 18.2. The molecule has 2 aromatic heterocycles. The monoisotopic (exact) mass is 469 g/mol. The molecule has 0 unspecified atom stereocenters. The maximum Gasteiger partial charge on any atom is 0.422 e. The van der Waals surface area contributed by atoms with Gasteiger partial charge in [0.2, 0.25) is 0 Å². The van der Waals surface area contributed by atoms with Crippen molar-refractivity contribution >= 4 is 28.8 Å². The van der Waals surface area contributed by atoms with Gasteiger partial charge in [-0.25, -0.2) is 9.97 Å². The minimum atomic E-state index is -4.49. The highest BCUT2D eigenvalue weighted by molar-refractivity contribution is 7.09. The van der Waals surface area contributed by atoms with Gasteiger partial charge in [0.15, 0.2) is 6.61 Å². The van der Waals surface area contributed by atoms with Crippen LogP contribution < -0.4 is 10.1 Å². The molecule has 10 heteroatoms. The van der Waals surface area contributed by atoms with Crippen molar-refractivity contribution in [1.29, 1.82) is 0 Å². The molecule has 0 spiro atoms. The van der Waals surface area contributed by atoms with Gasteiger partial charge in [-0.1, -0.05) is 37.6 Å². The molecule has 0 saturated heterocycles. The number of aromatic nitrogens is 2. The van der Waals surface area contributed by atoms with Gasteiger partial charge in [-0.3, -0.25) is 4.79 Å². The number of rotatable bonds is 7. The van der Waals surface area contributed by atoms with Crippen LogP contribution in [-0.4, -0.2) is 28.7 Å². The molecule has 1 amide bonds. The Balaban J connectivity index is 1.84. The van der Waals surface area contributed by atoms with Gasteiger partial charge >= 0.3 is 6.18 Å². The molecule has 0 bridgehead atoms. The van der Waals surface area contributed by atoms with E-state index in [2.05, 4.69) is 15.3 Å². The number of hydrogen-bond acceptors (Lipinski definition) is 5. The van der Waals surface area contributed by atoms with Crippen molar-refractivity contribution < 1.29 is 22.7 Å². The van der Waals surface area contributed by atoms with Gasteiger partial charge in [-0.15, -0.1) is 11.3 Å². The zero-order chi connectivity index (χ0) is 22.6. The SMILES string of the molecule is CC(C)c1nc(CNC(=O)c2ncc(OCC(F)(F)F)cc2-c2ccc(Cl)cc2)cs1. The van der Waals surface area contributed by atoms with E-state index in [-0.39, 0.29) is 23.9 Å². The van der Waals surface area contributed by atoms with Gasteiger partial charge in [0, 0.05) is 21.9 Å². The average molecular weight is 470 g/mol. The largest absolute Gasteiger partial charge is 0.482 e. The number of nitrogens with one attached hydrogen (secondary N) is 1. The van der Waals surface area contributed by atoms with Gasteiger partial charge in [-0.2, -0.15) is 13.2 Å². The lowest BCUT2D eigenvalue weighted by Crippen LogP contribution is -2.25. The summed E-state index contributed by atoms with van der Waals surface area (Å²) in [6.45, 7) is 2.82. The average Bonchev–Trinajstić information content (AvgIpc) is 3.20. The molecule has 2 heterocycles. The number of halogens is 4. The van der Waals surface area contributed by atoms with E-state index in [4.69, 9.17) is 16.3 Å². The van der Waals surface area contributed by atoms with Crippen molar-refractivity contribution in [3.8, 4) is 16.9 Å². The number of nitrogens with zero attached hydrogens (tertiary/aromatic N) is 2. The van der Waals surface area contributed by atoms with E-state index in [0.717, 1.165) is 16.9 Å². The highest BCUT2D eigenvalue weighted by Gasteiger charge is 2.28. The number of alkyl halides is 3. The number of ether oxygens (including phenoxy) is 1. The molecule has 1 N–H and O–H groups in total. The second-order valence-electron chi connectivity index (χ2n) is 6.99. The maximum atomic E-state index is 12.8. The van der Waals surface area contributed by atoms with E-state index in [0.29, 0.717) is 16.1 Å². The molecule has 0 fully saturated rings. The Morgan fingerprint density at radius 1 is 1.26 bits per heavy atom. The standard InChI is InChI=1S/C21H19ClF3N3O2S/c1-12(2)20-28-15(10-31-20)8-27-19(29)18-17(13-3-5-14(22)6-4-13)7-16(9-26-18)30-11-21(23,24)25/h3-7,9-10,12H,8,11H2,1-2H3,(H,27,29). The van der Waals surface area contributed by atoms with Crippen molar-refractivity contribution in [3.63, 3.8) is 0 Å². The molecule has 0 radical (unpaired) electrons. The number of carbonyl (C=O) groups is 1. The topological polar surface area (TPSA) is 64.1 Å². The first kappa shape index (κ1) is 23.0. The molecular weight excluding hydrogens is 451 g/mol. The Labute approximate surface area is 186 Å². The first-order valence-electron chi connectivity index (χ1n) is 9.30. The summed E-state index contributed by atoms with van der Waals surface area (Å²) in [5, 5.41) is 6.08. The van der Waals surface area contributed by atoms with E-state index in [1.54, 1.807) is 24.3 Å². The smallest absolute Gasteiger partial charge is 0.422 e. The van der Waals surface area contributed by atoms with Crippen LogP contribution in [0.1, 0.15) is 41.0 Å². The molecule has 0 aliphatic carbocycles. The molecule has 0 atom stereocenters. The van der Waals surface area contributed by atoms with Crippen molar-refractivity contribution in [2.75, 3.05) is 6.61 Å². The van der Waals surface area contributed by atoms with E-state index in [9.17, 15) is 18.0 Å². The molecule has 3 rings (SSSR count). The lowest BCUT2D eigenvalue weighted by molar-refractivity contribution is -0.153. The van der Waals surface area contributed by atoms with E-state index in [1.165, 1.54) is 17.4 Å². The summed E-state index contributed by atoms with van der Waals surface area (Å²) in [5.41, 5.74) is 1.67. The summed E-state index contributed by atoms with van der Waals surface area (Å²) in [6, 6.07) is 7.89. The van der Waals surface area contributed by atoms with E-state index >= 15 is 0 Å². The van der Waals surface area contributed by atoms with Crippen LogP contribution in [0, 0.1) is 0 Å². The molecule has 3 aromatic rings. The molecule has 5 nitrogen and oxygen atoms in total. The number of carbonyl (C=O) groups excluding carboxylic acids is 1. The fourth-order valence-corrected chi connectivity index (χ4v) is 3.60. The molecule has 164 valence electrons. The van der Waals surface area contributed by atoms with E-state index in [1.807, 2.05) is 19.2 Å². The highest BCUT2D eigenvalue weighted by Crippen LogP contribution is 2.29. The zero-order valence-electron chi connectivity index (χ0n) is 16.7. The van der Waals surface area contributed by atoms with Gasteiger partial charge in [0.1, 0.15) is 11.4 Å². The normalized spacial score (nSPS) is 11.6. The van der Waals surface area contributed by atoms with Crippen molar-refractivity contribution in [1.82, 2.24) is 15.3 Å². The summed E-state index contributed by atoms with van der Waals surface area (Å²) < 4.78 is 42.3. The minimum Gasteiger partial charge on any atom is -0.482 e. The van der Waals surface area contributed by atoms with Gasteiger partial charge in [-0.05, 0) is 23.8 Å². The predicted molar refractivity (Wildman–Crippen MR) is 114 cm³/mol. The Bertz CT molecular complexity index is 1050. The van der Waals surface area contributed by atoms with Gasteiger partial charge in [0.25, 0.3) is 5.91 Å². The van der Waals surface area contributed by atoms with Crippen LogP contribution >= 0.6 is 22.9 Å². The summed E-state index contributed by atoms with van der Waals surface area (Å²) >= 11 is 7.44. The maximum absolute atomic E-state index is 12.8. The third kappa shape index (κ3) is 6.41. The molecule has 0 aliphatic rings. The van der Waals surface area contributed by atoms with Crippen LogP contribution in [0.5, 0.6) is 5.75 Å². The fourth-order valence-electron chi connectivity index (χ4n) is 2.64. The van der Waals surface area contributed by atoms with Crippen molar-refractivity contribution in [2.24, 2.45) is 0 Å². The second-order valence-corrected chi connectivity index (χ2v) is 8.32. The van der Waals surface area contributed by atoms with Crippen LogP contribution in [0.4, 0.5) is 13.2 Å². The van der Waals surface area contributed by atoms with Crippen molar-refractivity contribution in [2.45, 2.75) is 32.5 Å². The van der Waals surface area contributed by atoms with Gasteiger partial charge < -0.3 is 10.1 Å². The molecule has 0 saturated carbocycles. The second kappa shape index (κ2) is 9.65. The summed E-state index contributed by atoms with van der Waals surface area (Å²) in [7, 11) is 0. The Hall–Kier alpha value is -2.65. The molecule has 1 aromatic carbocycles. The Kier molecular flexibility index (Phi) is 7.17. The quantitative estimate of drug-likeness (QED) is 0.471. The van der Waals surface area contributed by atoms with Crippen LogP contribution in [0.3, 0.4) is 0 Å². The van der Waals surface area contributed by atoms with Crippen molar-refractivity contribution in [3.05, 3.63) is 63.3 Å². The lowest BCUT2D eigenvalue weighted by Gasteiger charge is -2.13.